The van der Waals surface area contributed by atoms with Crippen LogP contribution in [-0.2, 0) is 14.3 Å². The number of aliphatic hydroxyl groups excluding tert-OH is 1. The number of methoxy groups -OCH3 is 1. The van der Waals surface area contributed by atoms with Gasteiger partial charge in [0.1, 0.15) is 6.61 Å². The van der Waals surface area contributed by atoms with Crippen LogP contribution in [0.3, 0.4) is 0 Å². The Morgan fingerprint density at radius 3 is 2.53 bits per heavy atom. The van der Waals surface area contributed by atoms with E-state index in [1.807, 2.05) is 13.8 Å². The fraction of sp³-hybridized carbons (Fsp3) is 0.900. The predicted molar refractivity (Wildman–Crippen MR) is 56.5 cm³/mol. The van der Waals surface area contributed by atoms with E-state index in [0.717, 1.165) is 0 Å². The van der Waals surface area contributed by atoms with E-state index in [1.165, 1.54) is 0 Å². The van der Waals surface area contributed by atoms with Crippen LogP contribution in [-0.4, -0.2) is 50.6 Å². The highest BCUT2D eigenvalue weighted by molar-refractivity contribution is 5.77. The van der Waals surface area contributed by atoms with Crippen molar-refractivity contribution in [2.75, 3.05) is 33.5 Å². The second-order valence-corrected chi connectivity index (χ2v) is 3.65. The standard InChI is InChI=1S/C10H21NO4/c1-8(2)9(6-12)11-10(13)7-15-5-4-14-3/h8-9,12H,4-7H2,1-3H3,(H,11,13)/t9-/m1/s1. The van der Waals surface area contributed by atoms with Gasteiger partial charge in [-0.15, -0.1) is 0 Å². The molecule has 1 atom stereocenters. The summed E-state index contributed by atoms with van der Waals surface area (Å²) in [6.07, 6.45) is 0. The number of amides is 1. The molecule has 0 aliphatic rings. The fourth-order valence-corrected chi connectivity index (χ4v) is 0.979. The highest BCUT2D eigenvalue weighted by atomic mass is 16.5. The van der Waals surface area contributed by atoms with Crippen molar-refractivity contribution in [2.45, 2.75) is 19.9 Å². The van der Waals surface area contributed by atoms with Gasteiger partial charge in [-0.1, -0.05) is 13.8 Å². The minimum atomic E-state index is -0.209. The van der Waals surface area contributed by atoms with E-state index in [-0.39, 0.29) is 31.1 Å². The summed E-state index contributed by atoms with van der Waals surface area (Å²) in [6, 6.07) is -0.205. The van der Waals surface area contributed by atoms with Crippen LogP contribution in [0, 0.1) is 5.92 Å². The summed E-state index contributed by atoms with van der Waals surface area (Å²) in [5.74, 6) is -0.00298. The zero-order valence-electron chi connectivity index (χ0n) is 9.66. The maximum Gasteiger partial charge on any atom is 0.246 e. The Balaban J connectivity index is 3.62. The number of carbonyl (C=O) groups is 1. The van der Waals surface area contributed by atoms with Crippen molar-refractivity contribution in [3.8, 4) is 0 Å². The van der Waals surface area contributed by atoms with Crippen molar-refractivity contribution in [1.29, 1.82) is 0 Å². The number of ether oxygens (including phenoxy) is 2. The van der Waals surface area contributed by atoms with E-state index in [4.69, 9.17) is 14.6 Å². The van der Waals surface area contributed by atoms with Crippen LogP contribution in [0.15, 0.2) is 0 Å². The molecule has 0 unspecified atom stereocenters. The lowest BCUT2D eigenvalue weighted by Gasteiger charge is -2.19. The molecule has 0 saturated heterocycles. The quantitative estimate of drug-likeness (QED) is 0.554. The Morgan fingerprint density at radius 1 is 1.40 bits per heavy atom. The number of carbonyl (C=O) groups excluding carboxylic acids is 1. The zero-order valence-corrected chi connectivity index (χ0v) is 9.66. The first-order valence-corrected chi connectivity index (χ1v) is 5.08. The minimum Gasteiger partial charge on any atom is -0.394 e. The molecular weight excluding hydrogens is 198 g/mol. The molecule has 0 bridgehead atoms. The molecule has 0 heterocycles. The molecule has 0 fully saturated rings. The number of aliphatic hydroxyl groups is 1. The summed E-state index contributed by atoms with van der Waals surface area (Å²) in [4.78, 5) is 11.3. The van der Waals surface area contributed by atoms with Gasteiger partial charge in [0.15, 0.2) is 0 Å². The van der Waals surface area contributed by atoms with Crippen LogP contribution >= 0.6 is 0 Å². The van der Waals surface area contributed by atoms with E-state index in [2.05, 4.69) is 5.32 Å². The Morgan fingerprint density at radius 2 is 2.07 bits per heavy atom. The first-order valence-electron chi connectivity index (χ1n) is 5.08. The zero-order chi connectivity index (χ0) is 11.7. The highest BCUT2D eigenvalue weighted by Crippen LogP contribution is 1.99. The molecule has 15 heavy (non-hydrogen) atoms. The van der Waals surface area contributed by atoms with Gasteiger partial charge in [-0.05, 0) is 5.92 Å². The lowest BCUT2D eigenvalue weighted by Crippen LogP contribution is -2.42. The fourth-order valence-electron chi connectivity index (χ4n) is 0.979. The molecule has 0 aromatic rings. The van der Waals surface area contributed by atoms with Crippen molar-refractivity contribution < 1.29 is 19.4 Å². The second kappa shape index (κ2) is 8.64. The number of hydrogen-bond donors (Lipinski definition) is 2. The average Bonchev–Trinajstić information content (AvgIpc) is 2.20. The number of hydrogen-bond acceptors (Lipinski definition) is 4. The van der Waals surface area contributed by atoms with E-state index in [9.17, 15) is 4.79 Å². The molecule has 1 amide bonds. The molecule has 0 aliphatic heterocycles. The van der Waals surface area contributed by atoms with Gasteiger partial charge in [0.25, 0.3) is 0 Å². The van der Waals surface area contributed by atoms with Crippen LogP contribution in [0.25, 0.3) is 0 Å². The summed E-state index contributed by atoms with van der Waals surface area (Å²) in [5, 5.41) is 11.7. The molecule has 0 radical (unpaired) electrons. The molecule has 0 spiro atoms. The van der Waals surface area contributed by atoms with Gasteiger partial charge in [-0.2, -0.15) is 0 Å². The molecule has 0 rings (SSSR count). The van der Waals surface area contributed by atoms with Crippen molar-refractivity contribution in [1.82, 2.24) is 5.32 Å². The van der Waals surface area contributed by atoms with E-state index in [0.29, 0.717) is 13.2 Å². The van der Waals surface area contributed by atoms with Gasteiger partial charge in [0.05, 0.1) is 25.9 Å². The number of nitrogens with one attached hydrogen (secondary N) is 1. The largest absolute Gasteiger partial charge is 0.394 e. The molecule has 2 N–H and O–H groups in total. The maximum absolute atomic E-state index is 11.3. The van der Waals surface area contributed by atoms with Crippen molar-refractivity contribution in [3.05, 3.63) is 0 Å². The Bertz CT molecular complexity index is 173. The van der Waals surface area contributed by atoms with Crippen molar-refractivity contribution >= 4 is 5.91 Å². The molecule has 5 nitrogen and oxygen atoms in total. The molecule has 0 saturated carbocycles. The second-order valence-electron chi connectivity index (χ2n) is 3.65. The summed E-state index contributed by atoms with van der Waals surface area (Å²) in [5.41, 5.74) is 0. The molecule has 0 aromatic carbocycles. The van der Waals surface area contributed by atoms with Crippen LogP contribution < -0.4 is 5.32 Å². The Kier molecular flexibility index (Phi) is 8.27. The van der Waals surface area contributed by atoms with Crippen molar-refractivity contribution in [3.63, 3.8) is 0 Å². The van der Waals surface area contributed by atoms with Crippen LogP contribution in [0.1, 0.15) is 13.8 Å². The first kappa shape index (κ1) is 14.3. The Hall–Kier alpha value is -0.650. The minimum absolute atomic E-state index is 0.00653. The smallest absolute Gasteiger partial charge is 0.246 e. The third kappa shape index (κ3) is 7.30. The monoisotopic (exact) mass is 219 g/mol. The van der Waals surface area contributed by atoms with Gasteiger partial charge in [-0.3, -0.25) is 4.79 Å². The molecular formula is C10H21NO4. The molecule has 5 heteroatoms. The topological polar surface area (TPSA) is 67.8 Å². The van der Waals surface area contributed by atoms with E-state index >= 15 is 0 Å². The molecule has 90 valence electrons. The van der Waals surface area contributed by atoms with Gasteiger partial charge >= 0.3 is 0 Å². The summed E-state index contributed by atoms with van der Waals surface area (Å²) in [7, 11) is 1.57. The van der Waals surface area contributed by atoms with E-state index in [1.54, 1.807) is 7.11 Å². The summed E-state index contributed by atoms with van der Waals surface area (Å²) < 4.78 is 9.81. The lowest BCUT2D eigenvalue weighted by molar-refractivity contribution is -0.127. The SMILES string of the molecule is COCCOCC(=O)N[C@H](CO)C(C)C. The van der Waals surface area contributed by atoms with Crippen LogP contribution in [0.4, 0.5) is 0 Å². The summed E-state index contributed by atoms with van der Waals surface area (Å²) in [6.45, 7) is 4.70. The number of rotatable bonds is 8. The normalized spacial score (nSPS) is 12.9. The van der Waals surface area contributed by atoms with Gasteiger partial charge in [0.2, 0.25) is 5.91 Å². The molecule has 0 aromatic heterocycles. The Labute approximate surface area is 90.8 Å². The highest BCUT2D eigenvalue weighted by Gasteiger charge is 2.14. The molecule has 0 aliphatic carbocycles. The lowest BCUT2D eigenvalue weighted by atomic mass is 10.1. The third-order valence-corrected chi connectivity index (χ3v) is 2.01. The maximum atomic E-state index is 11.3. The third-order valence-electron chi connectivity index (χ3n) is 2.01. The summed E-state index contributed by atoms with van der Waals surface area (Å²) >= 11 is 0. The average molecular weight is 219 g/mol. The van der Waals surface area contributed by atoms with Crippen molar-refractivity contribution in [2.24, 2.45) is 5.92 Å². The predicted octanol–water partition coefficient (Wildman–Crippen LogP) is -0.217. The first-order chi connectivity index (χ1) is 7.11. The van der Waals surface area contributed by atoms with Gasteiger partial charge in [-0.25, -0.2) is 0 Å². The van der Waals surface area contributed by atoms with E-state index < -0.39 is 0 Å². The van der Waals surface area contributed by atoms with Gasteiger partial charge < -0.3 is 19.9 Å². The van der Waals surface area contributed by atoms with Crippen LogP contribution in [0.5, 0.6) is 0 Å². The van der Waals surface area contributed by atoms with Gasteiger partial charge in [0, 0.05) is 7.11 Å². The van der Waals surface area contributed by atoms with Crippen LogP contribution in [0.2, 0.25) is 0 Å².